The van der Waals surface area contributed by atoms with Crippen molar-refractivity contribution in [3.8, 4) is 16.9 Å². The molecule has 0 unspecified atom stereocenters. The van der Waals surface area contributed by atoms with Gasteiger partial charge in [0.25, 0.3) is 5.91 Å². The van der Waals surface area contributed by atoms with E-state index in [1.165, 1.54) is 17.7 Å². The fourth-order valence-corrected chi connectivity index (χ4v) is 4.05. The number of aromatic nitrogens is 3. The van der Waals surface area contributed by atoms with Gasteiger partial charge in [-0.05, 0) is 55.3 Å². The molecule has 0 aliphatic carbocycles. The first-order chi connectivity index (χ1) is 16.5. The summed E-state index contributed by atoms with van der Waals surface area (Å²) in [6.45, 7) is 4.10. The van der Waals surface area contributed by atoms with Gasteiger partial charge in [0, 0.05) is 10.9 Å². The Balaban J connectivity index is 1.58. The second-order valence-electron chi connectivity index (χ2n) is 8.08. The lowest BCUT2D eigenvalue weighted by molar-refractivity contribution is 0.102. The Kier molecular flexibility index (Phi) is 5.64. The normalized spacial score (nSPS) is 11.0. The maximum atomic E-state index is 14.2. The summed E-state index contributed by atoms with van der Waals surface area (Å²) in [4.78, 5) is 18.0. The zero-order valence-electron chi connectivity index (χ0n) is 18.9. The van der Waals surface area contributed by atoms with Crippen molar-refractivity contribution in [2.75, 3.05) is 5.32 Å². The summed E-state index contributed by atoms with van der Waals surface area (Å²) in [6, 6.07) is 23.6. The van der Waals surface area contributed by atoms with E-state index in [9.17, 15) is 9.18 Å². The van der Waals surface area contributed by atoms with Gasteiger partial charge >= 0.3 is 0 Å². The molecule has 0 saturated carbocycles. The number of hydrogen-bond acceptors (Lipinski definition) is 3. The highest BCUT2D eigenvalue weighted by Gasteiger charge is 2.18. The average molecular weight is 451 g/mol. The first-order valence-corrected chi connectivity index (χ1v) is 11.1. The summed E-state index contributed by atoms with van der Waals surface area (Å²) in [5.74, 6) is -0.884. The summed E-state index contributed by atoms with van der Waals surface area (Å²) in [5, 5.41) is 7.96. The minimum atomic E-state index is -0.486. The third kappa shape index (κ3) is 3.94. The molecule has 0 aliphatic heterocycles. The fraction of sp³-hybridized carbons (Fsp3) is 0.107. The third-order valence-corrected chi connectivity index (χ3v) is 5.96. The van der Waals surface area contributed by atoms with Gasteiger partial charge in [-0.1, -0.05) is 49.4 Å². The van der Waals surface area contributed by atoms with Crippen LogP contribution in [0.3, 0.4) is 0 Å². The molecule has 0 atom stereocenters. The Labute approximate surface area is 196 Å². The van der Waals surface area contributed by atoms with Crippen molar-refractivity contribution in [2.45, 2.75) is 20.3 Å². The predicted octanol–water partition coefficient (Wildman–Crippen LogP) is 6.35. The van der Waals surface area contributed by atoms with Gasteiger partial charge in [0.1, 0.15) is 5.82 Å². The highest BCUT2D eigenvalue weighted by Crippen LogP contribution is 2.29. The molecule has 34 heavy (non-hydrogen) atoms. The number of hydrogen-bond donors (Lipinski definition) is 1. The molecule has 6 heteroatoms. The molecule has 5 rings (SSSR count). The van der Waals surface area contributed by atoms with Gasteiger partial charge < -0.3 is 5.32 Å². The number of pyridine rings is 1. The summed E-state index contributed by atoms with van der Waals surface area (Å²) < 4.78 is 16.0. The lowest BCUT2D eigenvalue weighted by atomic mass is 10.0. The van der Waals surface area contributed by atoms with Crippen LogP contribution in [0.1, 0.15) is 28.5 Å². The van der Waals surface area contributed by atoms with Gasteiger partial charge in [0.2, 0.25) is 0 Å². The Bertz CT molecular complexity index is 1510. The van der Waals surface area contributed by atoms with E-state index in [-0.39, 0.29) is 5.69 Å². The highest BCUT2D eigenvalue weighted by molar-refractivity contribution is 6.13. The number of rotatable bonds is 5. The highest BCUT2D eigenvalue weighted by atomic mass is 19.1. The largest absolute Gasteiger partial charge is 0.319 e. The molecule has 2 heterocycles. The Morgan fingerprint density at radius 2 is 1.74 bits per heavy atom. The van der Waals surface area contributed by atoms with E-state index in [0.29, 0.717) is 22.2 Å². The van der Waals surface area contributed by atoms with E-state index < -0.39 is 11.7 Å². The molecule has 1 N–H and O–H groups in total. The van der Waals surface area contributed by atoms with Gasteiger partial charge in [-0.3, -0.25) is 4.79 Å². The predicted molar refractivity (Wildman–Crippen MR) is 133 cm³/mol. The number of para-hydroxylation sites is 2. The molecule has 0 fully saturated rings. The van der Waals surface area contributed by atoms with Crippen LogP contribution in [0.15, 0.2) is 85.1 Å². The van der Waals surface area contributed by atoms with E-state index in [0.717, 1.165) is 23.4 Å². The van der Waals surface area contributed by atoms with Crippen molar-refractivity contribution in [2.24, 2.45) is 0 Å². The van der Waals surface area contributed by atoms with Crippen LogP contribution in [-0.4, -0.2) is 20.7 Å². The Morgan fingerprint density at radius 3 is 2.50 bits per heavy atom. The number of benzene rings is 3. The first kappa shape index (κ1) is 21.5. The van der Waals surface area contributed by atoms with Crippen LogP contribution in [0, 0.1) is 12.7 Å². The molecule has 0 saturated heterocycles. The van der Waals surface area contributed by atoms with Crippen LogP contribution < -0.4 is 5.32 Å². The number of anilines is 1. The van der Waals surface area contributed by atoms with Crippen molar-refractivity contribution in [3.05, 3.63) is 108 Å². The van der Waals surface area contributed by atoms with Crippen LogP contribution >= 0.6 is 0 Å². The van der Waals surface area contributed by atoms with Crippen LogP contribution in [0.2, 0.25) is 0 Å². The second-order valence-corrected chi connectivity index (χ2v) is 8.08. The monoisotopic (exact) mass is 450 g/mol. The van der Waals surface area contributed by atoms with Crippen molar-refractivity contribution in [1.82, 2.24) is 14.8 Å². The number of nitrogens with one attached hydrogen (secondary N) is 1. The lowest BCUT2D eigenvalue weighted by Crippen LogP contribution is -2.14. The summed E-state index contributed by atoms with van der Waals surface area (Å²) >= 11 is 0. The molecule has 5 nitrogen and oxygen atoms in total. The molecule has 0 aliphatic rings. The fourth-order valence-electron chi connectivity index (χ4n) is 4.05. The number of nitrogens with zero attached hydrogens (tertiary/aromatic N) is 3. The molecule has 0 radical (unpaired) electrons. The maximum Gasteiger partial charge on any atom is 0.256 e. The van der Waals surface area contributed by atoms with E-state index in [1.54, 1.807) is 24.4 Å². The van der Waals surface area contributed by atoms with E-state index in [4.69, 9.17) is 4.98 Å². The number of carbonyl (C=O) groups excluding carboxylic acids is 1. The van der Waals surface area contributed by atoms with Crippen molar-refractivity contribution in [3.63, 3.8) is 0 Å². The summed E-state index contributed by atoms with van der Waals surface area (Å²) in [6.07, 6.45) is 2.74. The van der Waals surface area contributed by atoms with Crippen molar-refractivity contribution >= 4 is 22.5 Å². The van der Waals surface area contributed by atoms with E-state index in [2.05, 4.69) is 29.5 Å². The smallest absolute Gasteiger partial charge is 0.256 e. The lowest BCUT2D eigenvalue weighted by Gasteiger charge is -2.11. The van der Waals surface area contributed by atoms with Gasteiger partial charge in [-0.2, -0.15) is 5.10 Å². The topological polar surface area (TPSA) is 59.8 Å². The number of amides is 1. The van der Waals surface area contributed by atoms with Crippen LogP contribution in [0.4, 0.5) is 10.1 Å². The first-order valence-electron chi connectivity index (χ1n) is 11.1. The molecule has 2 aromatic heterocycles. The molecule has 0 spiro atoms. The molecular formula is C28H23FN4O. The summed E-state index contributed by atoms with van der Waals surface area (Å²) in [7, 11) is 0. The number of aryl methyl sites for hydroxylation is 1. The summed E-state index contributed by atoms with van der Waals surface area (Å²) in [5.41, 5.74) is 5.81. The number of halogens is 1. The third-order valence-electron chi connectivity index (χ3n) is 5.96. The van der Waals surface area contributed by atoms with Gasteiger partial charge in [-0.15, -0.1) is 0 Å². The molecule has 168 valence electrons. The quantitative estimate of drug-likeness (QED) is 0.339. The number of carbonyl (C=O) groups is 1. The minimum Gasteiger partial charge on any atom is -0.319 e. The van der Waals surface area contributed by atoms with Crippen LogP contribution in [0.25, 0.3) is 27.8 Å². The van der Waals surface area contributed by atoms with Crippen molar-refractivity contribution < 1.29 is 9.18 Å². The Hall–Kier alpha value is -4.32. The molecular weight excluding hydrogens is 427 g/mol. The second kappa shape index (κ2) is 8.90. The van der Waals surface area contributed by atoms with Gasteiger partial charge in [0.05, 0.1) is 40.0 Å². The molecule has 3 aromatic carbocycles. The average Bonchev–Trinajstić information content (AvgIpc) is 3.26. The number of fused-ring (bicyclic) bond motifs is 1. The molecule has 0 bridgehead atoms. The van der Waals surface area contributed by atoms with E-state index >= 15 is 0 Å². The van der Waals surface area contributed by atoms with Gasteiger partial charge in [-0.25, -0.2) is 14.1 Å². The molecule has 1 amide bonds. The van der Waals surface area contributed by atoms with Crippen LogP contribution in [-0.2, 0) is 6.42 Å². The van der Waals surface area contributed by atoms with Crippen LogP contribution in [0.5, 0.6) is 0 Å². The van der Waals surface area contributed by atoms with E-state index in [1.807, 2.05) is 48.0 Å². The SMILES string of the molecule is CCc1ccc(-n2ncc(-c3cc(C(=O)Nc4ccccc4F)c4ccccc4n3)c2C)cc1. The molecule has 5 aromatic rings. The maximum absolute atomic E-state index is 14.2. The van der Waals surface area contributed by atoms with Crippen molar-refractivity contribution in [1.29, 1.82) is 0 Å². The standard InChI is InChI=1S/C28H23FN4O/c1-3-19-12-14-20(15-13-19)33-18(2)23(17-30-33)27-16-22(21-8-4-6-10-25(21)31-27)28(34)32-26-11-7-5-9-24(26)29/h4-17H,3H2,1-2H3,(H,32,34). The zero-order chi connectivity index (χ0) is 23.7. The Morgan fingerprint density at radius 1 is 1.00 bits per heavy atom. The van der Waals surface area contributed by atoms with Gasteiger partial charge in [0.15, 0.2) is 0 Å². The minimum absolute atomic E-state index is 0.134. The zero-order valence-corrected chi connectivity index (χ0v) is 18.9.